The fourth-order valence-corrected chi connectivity index (χ4v) is 2.82. The van der Waals surface area contributed by atoms with E-state index in [1.165, 1.54) is 0 Å². The summed E-state index contributed by atoms with van der Waals surface area (Å²) in [6.45, 7) is 2.76. The van der Waals surface area contributed by atoms with E-state index in [2.05, 4.69) is 11.9 Å². The summed E-state index contributed by atoms with van der Waals surface area (Å²) < 4.78 is 1.73. The molecule has 0 atom stereocenters. The van der Waals surface area contributed by atoms with Crippen LogP contribution < -0.4 is 5.56 Å². The lowest BCUT2D eigenvalue weighted by Gasteiger charge is -2.12. The van der Waals surface area contributed by atoms with E-state index in [0.29, 0.717) is 11.9 Å². The van der Waals surface area contributed by atoms with Gasteiger partial charge in [-0.1, -0.05) is 31.0 Å². The predicted octanol–water partition coefficient (Wildman–Crippen LogP) is 4.22. The molecule has 1 aromatic carbocycles. The van der Waals surface area contributed by atoms with Gasteiger partial charge in [0.1, 0.15) is 5.75 Å². The molecule has 0 saturated carbocycles. The molecule has 118 valence electrons. The monoisotopic (exact) mass is 328 g/mol. The number of halogens is 1. The van der Waals surface area contributed by atoms with Gasteiger partial charge in [-0.25, -0.2) is 0 Å². The lowest BCUT2D eigenvalue weighted by atomic mass is 10.0. The molecule has 23 heavy (non-hydrogen) atoms. The second kappa shape index (κ2) is 6.42. The molecule has 0 spiro atoms. The average Bonchev–Trinajstić information content (AvgIpc) is 2.57. The topological polar surface area (TPSA) is 55.1 Å². The van der Waals surface area contributed by atoms with Crippen molar-refractivity contribution in [2.24, 2.45) is 0 Å². The summed E-state index contributed by atoms with van der Waals surface area (Å²) in [4.78, 5) is 16.7. The van der Waals surface area contributed by atoms with Gasteiger partial charge in [0, 0.05) is 30.7 Å². The summed E-state index contributed by atoms with van der Waals surface area (Å²) in [6.07, 6.45) is 7.08. The highest BCUT2D eigenvalue weighted by Gasteiger charge is 2.11. The van der Waals surface area contributed by atoms with Gasteiger partial charge in [0.15, 0.2) is 0 Å². The molecule has 3 rings (SSSR count). The Morgan fingerprint density at radius 2 is 2.09 bits per heavy atom. The minimum absolute atomic E-state index is 0.0322. The van der Waals surface area contributed by atoms with Gasteiger partial charge < -0.3 is 9.67 Å². The maximum Gasteiger partial charge on any atom is 0.260 e. The predicted molar refractivity (Wildman–Crippen MR) is 93.0 cm³/mol. The summed E-state index contributed by atoms with van der Waals surface area (Å²) in [7, 11) is 0. The van der Waals surface area contributed by atoms with E-state index in [-0.39, 0.29) is 16.3 Å². The Labute approximate surface area is 139 Å². The Bertz CT molecular complexity index is 919. The van der Waals surface area contributed by atoms with Gasteiger partial charge in [0.05, 0.1) is 10.4 Å². The maximum atomic E-state index is 12.6. The Morgan fingerprint density at radius 1 is 1.26 bits per heavy atom. The third-order valence-electron chi connectivity index (χ3n) is 3.90. The Balaban J connectivity index is 2.28. The van der Waals surface area contributed by atoms with Gasteiger partial charge in [-0.3, -0.25) is 9.78 Å². The van der Waals surface area contributed by atoms with Crippen LogP contribution in [0.2, 0.25) is 5.02 Å². The summed E-state index contributed by atoms with van der Waals surface area (Å²) >= 11 is 6.04. The van der Waals surface area contributed by atoms with Crippen LogP contribution in [0.1, 0.15) is 19.8 Å². The van der Waals surface area contributed by atoms with Crippen LogP contribution >= 0.6 is 11.6 Å². The molecule has 0 amide bonds. The number of aryl methyl sites for hydroxylation is 1. The molecule has 3 aromatic rings. The number of hydrogen-bond donors (Lipinski definition) is 1. The van der Waals surface area contributed by atoms with Crippen LogP contribution in [0.5, 0.6) is 5.75 Å². The summed E-state index contributed by atoms with van der Waals surface area (Å²) in [5.74, 6) is 0.0423. The van der Waals surface area contributed by atoms with Crippen LogP contribution in [-0.2, 0) is 6.54 Å². The van der Waals surface area contributed by atoms with E-state index in [1.54, 1.807) is 35.2 Å². The number of rotatable bonds is 4. The fraction of sp³-hybridized carbons (Fsp3) is 0.222. The van der Waals surface area contributed by atoms with E-state index in [9.17, 15) is 9.90 Å². The number of aromatic nitrogens is 2. The lowest BCUT2D eigenvalue weighted by molar-refractivity contribution is 0.475. The van der Waals surface area contributed by atoms with Crippen molar-refractivity contribution in [3.05, 3.63) is 58.2 Å². The van der Waals surface area contributed by atoms with Crippen LogP contribution in [0.25, 0.3) is 21.9 Å². The number of nitrogens with zero attached hydrogens (tertiary/aromatic N) is 2. The Hall–Kier alpha value is -2.33. The largest absolute Gasteiger partial charge is 0.506 e. The van der Waals surface area contributed by atoms with Gasteiger partial charge in [-0.2, -0.15) is 0 Å². The van der Waals surface area contributed by atoms with E-state index >= 15 is 0 Å². The van der Waals surface area contributed by atoms with E-state index < -0.39 is 0 Å². The van der Waals surface area contributed by atoms with Crippen LogP contribution in [-0.4, -0.2) is 14.7 Å². The molecule has 0 bridgehead atoms. The average molecular weight is 329 g/mol. The van der Waals surface area contributed by atoms with Crippen LogP contribution in [0, 0.1) is 0 Å². The molecular weight excluding hydrogens is 312 g/mol. The number of benzene rings is 1. The zero-order chi connectivity index (χ0) is 16.4. The van der Waals surface area contributed by atoms with E-state index in [1.807, 2.05) is 12.3 Å². The summed E-state index contributed by atoms with van der Waals surface area (Å²) in [5, 5.41) is 11.3. The zero-order valence-corrected chi connectivity index (χ0v) is 13.5. The fourth-order valence-electron chi connectivity index (χ4n) is 2.64. The van der Waals surface area contributed by atoms with Gasteiger partial charge in [0.2, 0.25) is 0 Å². The van der Waals surface area contributed by atoms with Crippen molar-refractivity contribution in [3.8, 4) is 16.9 Å². The number of phenols is 1. The number of hydrogen-bond acceptors (Lipinski definition) is 3. The smallest absolute Gasteiger partial charge is 0.260 e. The number of unbranched alkanes of at least 4 members (excludes halogenated alkanes) is 1. The Morgan fingerprint density at radius 3 is 2.83 bits per heavy atom. The molecular formula is C18H17ClN2O2. The third kappa shape index (κ3) is 2.94. The first-order valence-electron chi connectivity index (χ1n) is 7.58. The highest BCUT2D eigenvalue weighted by atomic mass is 35.5. The van der Waals surface area contributed by atoms with Gasteiger partial charge >= 0.3 is 0 Å². The number of aromatic hydroxyl groups is 1. The van der Waals surface area contributed by atoms with E-state index in [4.69, 9.17) is 11.6 Å². The molecule has 4 nitrogen and oxygen atoms in total. The molecule has 5 heteroatoms. The number of fused-ring (bicyclic) bond motifs is 1. The number of phenolic OH excluding ortho intramolecular Hbond substituents is 1. The van der Waals surface area contributed by atoms with Gasteiger partial charge in [0.25, 0.3) is 5.56 Å². The molecule has 0 saturated heterocycles. The Kier molecular flexibility index (Phi) is 4.35. The zero-order valence-electron chi connectivity index (χ0n) is 12.8. The molecule has 2 aromatic heterocycles. The van der Waals surface area contributed by atoms with Crippen LogP contribution in [0.4, 0.5) is 0 Å². The molecule has 0 aliphatic rings. The van der Waals surface area contributed by atoms with E-state index in [0.717, 1.165) is 29.4 Å². The van der Waals surface area contributed by atoms with Crippen molar-refractivity contribution in [1.82, 2.24) is 9.55 Å². The second-order valence-electron chi connectivity index (χ2n) is 5.48. The molecule has 0 fully saturated rings. The first-order valence-corrected chi connectivity index (χ1v) is 7.95. The molecule has 0 aliphatic carbocycles. The lowest BCUT2D eigenvalue weighted by Crippen LogP contribution is -2.20. The van der Waals surface area contributed by atoms with Crippen molar-refractivity contribution >= 4 is 22.4 Å². The number of pyridine rings is 2. The minimum atomic E-state index is -0.0322. The van der Waals surface area contributed by atoms with Crippen molar-refractivity contribution in [3.63, 3.8) is 0 Å². The summed E-state index contributed by atoms with van der Waals surface area (Å²) in [6, 6.07) is 6.90. The SMILES string of the molecule is CCCCn1cc(-c2ccc(O)c(Cl)c2)c2ccncc2c1=O. The second-order valence-corrected chi connectivity index (χ2v) is 5.89. The van der Waals surface area contributed by atoms with Crippen LogP contribution in [0.3, 0.4) is 0 Å². The molecule has 0 aliphatic heterocycles. The molecule has 1 N–H and O–H groups in total. The normalized spacial score (nSPS) is 11.0. The maximum absolute atomic E-state index is 12.6. The van der Waals surface area contributed by atoms with Crippen molar-refractivity contribution in [1.29, 1.82) is 0 Å². The third-order valence-corrected chi connectivity index (χ3v) is 4.20. The van der Waals surface area contributed by atoms with Crippen molar-refractivity contribution in [2.75, 3.05) is 0 Å². The quantitative estimate of drug-likeness (QED) is 0.780. The molecule has 2 heterocycles. The first kappa shape index (κ1) is 15.6. The van der Waals surface area contributed by atoms with Gasteiger partial charge in [-0.15, -0.1) is 0 Å². The van der Waals surface area contributed by atoms with Crippen molar-refractivity contribution in [2.45, 2.75) is 26.3 Å². The van der Waals surface area contributed by atoms with Crippen molar-refractivity contribution < 1.29 is 5.11 Å². The highest BCUT2D eigenvalue weighted by Crippen LogP contribution is 2.32. The van der Waals surface area contributed by atoms with Crippen LogP contribution in [0.15, 0.2) is 47.7 Å². The standard InChI is InChI=1S/C18H17ClN2O2/c1-2-3-8-21-11-15(12-4-5-17(22)16(19)9-12)13-6-7-20-10-14(13)18(21)23/h4-7,9-11,22H,2-3,8H2,1H3. The highest BCUT2D eigenvalue weighted by molar-refractivity contribution is 6.32. The molecule has 0 radical (unpaired) electrons. The summed E-state index contributed by atoms with van der Waals surface area (Å²) in [5.41, 5.74) is 1.73. The van der Waals surface area contributed by atoms with Gasteiger partial charge in [-0.05, 0) is 35.6 Å². The minimum Gasteiger partial charge on any atom is -0.506 e. The first-order chi connectivity index (χ1) is 11.1. The molecule has 0 unspecified atom stereocenters.